The molecular weight excluding hydrogens is 282 g/mol. The van der Waals surface area contributed by atoms with E-state index < -0.39 is 5.60 Å². The Kier molecular flexibility index (Phi) is 4.17. The van der Waals surface area contributed by atoms with Crippen LogP contribution in [0.3, 0.4) is 0 Å². The summed E-state index contributed by atoms with van der Waals surface area (Å²) in [6.45, 7) is 0.379. The van der Waals surface area contributed by atoms with Gasteiger partial charge in [0.2, 0.25) is 5.91 Å². The lowest BCUT2D eigenvalue weighted by molar-refractivity contribution is -0.121. The molecular formula is C17H19NO2S. The fourth-order valence-corrected chi connectivity index (χ4v) is 3.26. The van der Waals surface area contributed by atoms with Gasteiger partial charge in [0, 0.05) is 11.4 Å². The first-order valence-corrected chi connectivity index (χ1v) is 8.24. The summed E-state index contributed by atoms with van der Waals surface area (Å²) in [6, 6.07) is 14.4. The molecule has 0 aromatic heterocycles. The standard InChI is InChI=1S/C17H19NO2S/c19-16(18-12-17(20)8-3-9-17)11-21-15-7-6-13-4-1-2-5-14(13)10-15/h1-2,4-7,10,20H,3,8-9,11-12H2,(H,18,19). The number of hydrogen-bond acceptors (Lipinski definition) is 3. The molecule has 1 amide bonds. The second kappa shape index (κ2) is 6.08. The molecule has 21 heavy (non-hydrogen) atoms. The molecule has 1 saturated carbocycles. The highest BCUT2D eigenvalue weighted by Crippen LogP contribution is 2.30. The second-order valence-electron chi connectivity index (χ2n) is 5.65. The van der Waals surface area contributed by atoms with Crippen LogP contribution in [0.5, 0.6) is 0 Å². The van der Waals surface area contributed by atoms with Crippen molar-refractivity contribution in [3.63, 3.8) is 0 Å². The van der Waals surface area contributed by atoms with Gasteiger partial charge in [0.25, 0.3) is 0 Å². The third kappa shape index (κ3) is 3.57. The van der Waals surface area contributed by atoms with Gasteiger partial charge in [0.05, 0.1) is 11.4 Å². The summed E-state index contributed by atoms with van der Waals surface area (Å²) < 4.78 is 0. The average molecular weight is 301 g/mol. The van der Waals surface area contributed by atoms with E-state index in [0.29, 0.717) is 12.3 Å². The molecule has 110 valence electrons. The summed E-state index contributed by atoms with van der Waals surface area (Å²) >= 11 is 1.53. The molecule has 2 aromatic carbocycles. The summed E-state index contributed by atoms with van der Waals surface area (Å²) in [6.07, 6.45) is 2.65. The monoisotopic (exact) mass is 301 g/mol. The van der Waals surface area contributed by atoms with Gasteiger partial charge in [-0.05, 0) is 42.2 Å². The SMILES string of the molecule is O=C(CSc1ccc2ccccc2c1)NCC1(O)CCC1. The first-order chi connectivity index (χ1) is 10.1. The van der Waals surface area contributed by atoms with Crippen molar-refractivity contribution in [1.29, 1.82) is 0 Å². The van der Waals surface area contributed by atoms with Crippen molar-refractivity contribution < 1.29 is 9.90 Å². The molecule has 1 fully saturated rings. The molecule has 2 aromatic rings. The third-order valence-corrected chi connectivity index (χ3v) is 4.98. The second-order valence-corrected chi connectivity index (χ2v) is 6.70. The van der Waals surface area contributed by atoms with E-state index in [2.05, 4.69) is 29.6 Å². The van der Waals surface area contributed by atoms with Crippen LogP contribution in [0, 0.1) is 0 Å². The number of thioether (sulfide) groups is 1. The lowest BCUT2D eigenvalue weighted by Crippen LogP contribution is -2.48. The van der Waals surface area contributed by atoms with Crippen molar-refractivity contribution in [3.05, 3.63) is 42.5 Å². The first kappa shape index (κ1) is 14.4. The van der Waals surface area contributed by atoms with E-state index in [0.717, 1.165) is 24.2 Å². The van der Waals surface area contributed by atoms with Gasteiger partial charge in [-0.15, -0.1) is 11.8 Å². The molecule has 0 unspecified atom stereocenters. The molecule has 0 aliphatic heterocycles. The predicted molar refractivity (Wildman–Crippen MR) is 86.5 cm³/mol. The van der Waals surface area contributed by atoms with Crippen molar-refractivity contribution in [2.24, 2.45) is 0 Å². The smallest absolute Gasteiger partial charge is 0.230 e. The maximum absolute atomic E-state index is 11.8. The summed E-state index contributed by atoms with van der Waals surface area (Å²) in [4.78, 5) is 12.9. The fourth-order valence-electron chi connectivity index (χ4n) is 2.48. The number of benzene rings is 2. The van der Waals surface area contributed by atoms with E-state index in [4.69, 9.17) is 0 Å². The van der Waals surface area contributed by atoms with Gasteiger partial charge >= 0.3 is 0 Å². The Hall–Kier alpha value is -1.52. The van der Waals surface area contributed by atoms with Crippen LogP contribution in [-0.4, -0.2) is 28.9 Å². The van der Waals surface area contributed by atoms with Crippen molar-refractivity contribution in [2.45, 2.75) is 29.8 Å². The molecule has 2 N–H and O–H groups in total. The van der Waals surface area contributed by atoms with Crippen molar-refractivity contribution >= 4 is 28.4 Å². The van der Waals surface area contributed by atoms with Gasteiger partial charge in [-0.1, -0.05) is 30.3 Å². The molecule has 1 aliphatic carbocycles. The van der Waals surface area contributed by atoms with Gasteiger partial charge in [-0.2, -0.15) is 0 Å². The van der Waals surface area contributed by atoms with E-state index in [1.54, 1.807) is 0 Å². The highest BCUT2D eigenvalue weighted by Gasteiger charge is 2.34. The van der Waals surface area contributed by atoms with E-state index in [1.165, 1.54) is 22.5 Å². The van der Waals surface area contributed by atoms with E-state index in [-0.39, 0.29) is 5.91 Å². The first-order valence-electron chi connectivity index (χ1n) is 7.25. The van der Waals surface area contributed by atoms with Crippen LogP contribution in [0.15, 0.2) is 47.4 Å². The zero-order valence-electron chi connectivity index (χ0n) is 11.8. The molecule has 3 nitrogen and oxygen atoms in total. The molecule has 0 bridgehead atoms. The summed E-state index contributed by atoms with van der Waals surface area (Å²) in [5.74, 6) is 0.363. The molecule has 0 atom stereocenters. The minimum absolute atomic E-state index is 0.0199. The van der Waals surface area contributed by atoms with E-state index >= 15 is 0 Å². The largest absolute Gasteiger partial charge is 0.388 e. The van der Waals surface area contributed by atoms with Crippen LogP contribution >= 0.6 is 11.8 Å². The Bertz CT molecular complexity index is 652. The number of nitrogens with one attached hydrogen (secondary N) is 1. The fraction of sp³-hybridized carbons (Fsp3) is 0.353. The molecule has 1 aliphatic rings. The maximum atomic E-state index is 11.8. The summed E-state index contributed by atoms with van der Waals surface area (Å²) in [7, 11) is 0. The van der Waals surface area contributed by atoms with Crippen LogP contribution in [0.2, 0.25) is 0 Å². The van der Waals surface area contributed by atoms with Crippen LogP contribution < -0.4 is 5.32 Å². The van der Waals surface area contributed by atoms with E-state index in [1.807, 2.05) is 18.2 Å². The van der Waals surface area contributed by atoms with Gasteiger partial charge < -0.3 is 10.4 Å². The number of fused-ring (bicyclic) bond motifs is 1. The highest BCUT2D eigenvalue weighted by atomic mass is 32.2. The van der Waals surface area contributed by atoms with Crippen molar-refractivity contribution in [1.82, 2.24) is 5.32 Å². The average Bonchev–Trinajstić information content (AvgIpc) is 2.49. The van der Waals surface area contributed by atoms with Crippen LogP contribution in [0.4, 0.5) is 0 Å². The molecule has 4 heteroatoms. The molecule has 0 spiro atoms. The van der Waals surface area contributed by atoms with E-state index in [9.17, 15) is 9.90 Å². The summed E-state index contributed by atoms with van der Waals surface area (Å²) in [5.41, 5.74) is -0.650. The number of carbonyl (C=O) groups is 1. The molecule has 3 rings (SSSR count). The van der Waals surface area contributed by atoms with Gasteiger partial charge in [0.15, 0.2) is 0 Å². The minimum Gasteiger partial charge on any atom is -0.388 e. The molecule has 0 radical (unpaired) electrons. The zero-order chi connectivity index (χ0) is 14.7. The molecule has 0 saturated heterocycles. The third-order valence-electron chi connectivity index (χ3n) is 3.99. The number of carbonyl (C=O) groups excluding carboxylic acids is 1. The lowest BCUT2D eigenvalue weighted by atomic mass is 9.80. The Balaban J connectivity index is 1.52. The number of rotatable bonds is 5. The minimum atomic E-state index is -0.650. The molecule has 0 heterocycles. The number of hydrogen-bond donors (Lipinski definition) is 2. The Labute approximate surface area is 128 Å². The van der Waals surface area contributed by atoms with Crippen LogP contribution in [0.25, 0.3) is 10.8 Å². The Morgan fingerprint density at radius 2 is 1.95 bits per heavy atom. The topological polar surface area (TPSA) is 49.3 Å². The Morgan fingerprint density at radius 3 is 2.67 bits per heavy atom. The van der Waals surface area contributed by atoms with Gasteiger partial charge in [0.1, 0.15) is 0 Å². The zero-order valence-corrected chi connectivity index (χ0v) is 12.7. The quantitative estimate of drug-likeness (QED) is 0.835. The number of amides is 1. The van der Waals surface area contributed by atoms with Crippen molar-refractivity contribution in [2.75, 3.05) is 12.3 Å². The van der Waals surface area contributed by atoms with Gasteiger partial charge in [-0.3, -0.25) is 4.79 Å². The normalized spacial score (nSPS) is 16.4. The number of aliphatic hydroxyl groups is 1. The summed E-state index contributed by atoms with van der Waals surface area (Å²) in [5, 5.41) is 15.2. The lowest BCUT2D eigenvalue weighted by Gasteiger charge is -2.36. The van der Waals surface area contributed by atoms with Crippen molar-refractivity contribution in [3.8, 4) is 0 Å². The predicted octanol–water partition coefficient (Wildman–Crippen LogP) is 2.96. The maximum Gasteiger partial charge on any atom is 0.230 e. The van der Waals surface area contributed by atoms with Crippen LogP contribution in [-0.2, 0) is 4.79 Å². The highest BCUT2D eigenvalue weighted by molar-refractivity contribution is 8.00. The Morgan fingerprint density at radius 1 is 1.19 bits per heavy atom. The van der Waals surface area contributed by atoms with Gasteiger partial charge in [-0.25, -0.2) is 0 Å². The van der Waals surface area contributed by atoms with Crippen LogP contribution in [0.1, 0.15) is 19.3 Å².